The zero-order valence-electron chi connectivity index (χ0n) is 13.5. The van der Waals surface area contributed by atoms with Crippen molar-refractivity contribution in [1.82, 2.24) is 10.2 Å². The second kappa shape index (κ2) is 6.95. The van der Waals surface area contributed by atoms with E-state index in [0.29, 0.717) is 19.2 Å². The molecule has 0 aromatic carbocycles. The number of nitrogens with zero attached hydrogens (tertiary/aromatic N) is 1. The van der Waals surface area contributed by atoms with Crippen molar-refractivity contribution in [3.8, 4) is 0 Å². The first kappa shape index (κ1) is 15.7. The van der Waals surface area contributed by atoms with Crippen LogP contribution in [0.2, 0.25) is 0 Å². The summed E-state index contributed by atoms with van der Waals surface area (Å²) < 4.78 is 5.51. The van der Waals surface area contributed by atoms with E-state index in [0.717, 1.165) is 12.5 Å². The van der Waals surface area contributed by atoms with Crippen molar-refractivity contribution in [3.05, 3.63) is 0 Å². The Hall–Kier alpha value is -0.160. The number of nitrogens with one attached hydrogen (secondary N) is 1. The fraction of sp³-hybridized carbons (Fsp3) is 1.00. The van der Waals surface area contributed by atoms with Crippen LogP contribution in [0.25, 0.3) is 0 Å². The zero-order chi connectivity index (χ0) is 14.7. The van der Waals surface area contributed by atoms with E-state index in [2.05, 4.69) is 10.2 Å². The van der Waals surface area contributed by atoms with Crippen LogP contribution in [-0.4, -0.2) is 60.0 Å². The molecule has 0 amide bonds. The molecule has 122 valence electrons. The van der Waals surface area contributed by atoms with Crippen LogP contribution in [0.5, 0.6) is 0 Å². The highest BCUT2D eigenvalue weighted by Gasteiger charge is 2.39. The molecule has 0 radical (unpaired) electrons. The Morgan fingerprint density at radius 1 is 1.14 bits per heavy atom. The van der Waals surface area contributed by atoms with Gasteiger partial charge in [0.15, 0.2) is 0 Å². The van der Waals surface area contributed by atoms with Crippen molar-refractivity contribution in [2.75, 3.05) is 26.2 Å². The van der Waals surface area contributed by atoms with Crippen LogP contribution >= 0.6 is 0 Å². The third-order valence-electron chi connectivity index (χ3n) is 5.98. The number of hydrogen-bond donors (Lipinski definition) is 2. The molecule has 0 spiro atoms. The maximum atomic E-state index is 10.5. The van der Waals surface area contributed by atoms with Crippen LogP contribution < -0.4 is 5.32 Å². The van der Waals surface area contributed by atoms with E-state index in [1.165, 1.54) is 58.0 Å². The largest absolute Gasteiger partial charge is 0.386 e. The lowest BCUT2D eigenvalue weighted by atomic mass is 9.91. The maximum Gasteiger partial charge on any atom is 0.105 e. The Morgan fingerprint density at radius 2 is 1.86 bits per heavy atom. The maximum absolute atomic E-state index is 10.5. The molecule has 0 unspecified atom stereocenters. The molecule has 2 heterocycles. The topological polar surface area (TPSA) is 44.7 Å². The van der Waals surface area contributed by atoms with Gasteiger partial charge in [-0.1, -0.05) is 19.3 Å². The van der Waals surface area contributed by atoms with Crippen molar-refractivity contribution < 1.29 is 9.84 Å². The third-order valence-corrected chi connectivity index (χ3v) is 5.98. The van der Waals surface area contributed by atoms with Gasteiger partial charge in [0.2, 0.25) is 0 Å². The summed E-state index contributed by atoms with van der Waals surface area (Å²) in [6, 6.07) is 1.42. The molecule has 3 aliphatic rings. The lowest BCUT2D eigenvalue weighted by Gasteiger charge is -2.40. The fourth-order valence-corrected chi connectivity index (χ4v) is 4.24. The summed E-state index contributed by atoms with van der Waals surface area (Å²) in [5, 5.41) is 14.1. The molecular weight excluding hydrogens is 264 g/mol. The molecule has 2 N–H and O–H groups in total. The minimum atomic E-state index is -0.652. The lowest BCUT2D eigenvalue weighted by Crippen LogP contribution is -2.52. The van der Waals surface area contributed by atoms with Gasteiger partial charge in [0.25, 0.3) is 0 Å². The lowest BCUT2D eigenvalue weighted by molar-refractivity contribution is -0.0291. The van der Waals surface area contributed by atoms with Gasteiger partial charge in [-0.05, 0) is 45.7 Å². The Labute approximate surface area is 129 Å². The molecule has 1 saturated carbocycles. The molecule has 0 bridgehead atoms. The molecule has 2 saturated heterocycles. The van der Waals surface area contributed by atoms with Crippen LogP contribution in [0.4, 0.5) is 0 Å². The average Bonchev–Trinajstić information content (AvgIpc) is 2.87. The van der Waals surface area contributed by atoms with E-state index in [-0.39, 0.29) is 6.10 Å². The average molecular weight is 296 g/mol. The molecule has 4 heteroatoms. The summed E-state index contributed by atoms with van der Waals surface area (Å²) in [6.07, 6.45) is 10.3. The first-order valence-electron chi connectivity index (χ1n) is 8.99. The molecule has 2 aliphatic heterocycles. The Bertz CT molecular complexity index is 325. The van der Waals surface area contributed by atoms with Gasteiger partial charge in [0.05, 0.1) is 6.10 Å². The SMILES string of the molecule is C[C@@H]1OCC[C@]1(O)CNC1CCN(C2CCCCC2)CC1. The first-order valence-corrected chi connectivity index (χ1v) is 8.99. The van der Waals surface area contributed by atoms with Crippen molar-refractivity contribution in [2.24, 2.45) is 0 Å². The highest BCUT2D eigenvalue weighted by atomic mass is 16.5. The van der Waals surface area contributed by atoms with Gasteiger partial charge in [-0.25, -0.2) is 0 Å². The molecule has 0 aromatic rings. The van der Waals surface area contributed by atoms with Gasteiger partial charge in [-0.2, -0.15) is 0 Å². The van der Waals surface area contributed by atoms with Crippen molar-refractivity contribution >= 4 is 0 Å². The molecule has 4 nitrogen and oxygen atoms in total. The monoisotopic (exact) mass is 296 g/mol. The fourth-order valence-electron chi connectivity index (χ4n) is 4.24. The molecule has 1 aliphatic carbocycles. The van der Waals surface area contributed by atoms with E-state index >= 15 is 0 Å². The Balaban J connectivity index is 1.39. The molecule has 2 atom stereocenters. The van der Waals surface area contributed by atoms with Crippen LogP contribution in [-0.2, 0) is 4.74 Å². The second-order valence-electron chi connectivity index (χ2n) is 7.35. The number of aliphatic hydroxyl groups is 1. The van der Waals surface area contributed by atoms with Crippen LogP contribution in [0.1, 0.15) is 58.3 Å². The number of likely N-dealkylation sites (tertiary alicyclic amines) is 1. The predicted molar refractivity (Wildman–Crippen MR) is 84.5 cm³/mol. The number of piperidine rings is 1. The molecule has 21 heavy (non-hydrogen) atoms. The summed E-state index contributed by atoms with van der Waals surface area (Å²) in [5.74, 6) is 0. The summed E-state index contributed by atoms with van der Waals surface area (Å²) in [4.78, 5) is 2.72. The summed E-state index contributed by atoms with van der Waals surface area (Å²) in [7, 11) is 0. The van der Waals surface area contributed by atoms with Gasteiger partial charge in [-0.3, -0.25) is 0 Å². The molecule has 3 rings (SSSR count). The predicted octanol–water partition coefficient (Wildman–Crippen LogP) is 1.91. The summed E-state index contributed by atoms with van der Waals surface area (Å²) in [5.41, 5.74) is -0.652. The summed E-state index contributed by atoms with van der Waals surface area (Å²) >= 11 is 0. The Morgan fingerprint density at radius 3 is 2.48 bits per heavy atom. The van der Waals surface area contributed by atoms with Crippen molar-refractivity contribution in [1.29, 1.82) is 0 Å². The van der Waals surface area contributed by atoms with Gasteiger partial charge in [0.1, 0.15) is 5.60 Å². The highest BCUT2D eigenvalue weighted by Crippen LogP contribution is 2.27. The van der Waals surface area contributed by atoms with E-state index in [4.69, 9.17) is 4.74 Å². The van der Waals surface area contributed by atoms with Gasteiger partial charge in [-0.15, -0.1) is 0 Å². The summed E-state index contributed by atoms with van der Waals surface area (Å²) in [6.45, 7) is 5.82. The Kier molecular flexibility index (Phi) is 5.20. The molecular formula is C17H32N2O2. The first-order chi connectivity index (χ1) is 10.2. The normalized spacial score (nSPS) is 37.1. The second-order valence-corrected chi connectivity index (χ2v) is 7.35. The number of rotatable bonds is 4. The smallest absolute Gasteiger partial charge is 0.105 e. The van der Waals surface area contributed by atoms with Gasteiger partial charge < -0.3 is 20.1 Å². The number of hydrogen-bond acceptors (Lipinski definition) is 4. The van der Waals surface area contributed by atoms with Crippen LogP contribution in [0.15, 0.2) is 0 Å². The quantitative estimate of drug-likeness (QED) is 0.832. The van der Waals surface area contributed by atoms with E-state index in [1.54, 1.807) is 0 Å². The highest BCUT2D eigenvalue weighted by molar-refractivity contribution is 4.93. The minimum Gasteiger partial charge on any atom is -0.386 e. The molecule has 3 fully saturated rings. The zero-order valence-corrected chi connectivity index (χ0v) is 13.5. The van der Waals surface area contributed by atoms with Gasteiger partial charge >= 0.3 is 0 Å². The minimum absolute atomic E-state index is 0.0349. The van der Waals surface area contributed by atoms with Gasteiger partial charge in [0, 0.05) is 31.7 Å². The van der Waals surface area contributed by atoms with Crippen LogP contribution in [0, 0.1) is 0 Å². The third kappa shape index (κ3) is 3.79. The van der Waals surface area contributed by atoms with E-state index < -0.39 is 5.60 Å². The van der Waals surface area contributed by atoms with Crippen molar-refractivity contribution in [2.45, 2.75) is 82.1 Å². The standard InChI is InChI=1S/C17H32N2O2/c1-14-17(20,9-12-21-14)13-18-15-7-10-19(11-8-15)16-5-3-2-4-6-16/h14-16,18,20H,2-13H2,1H3/t14-,17-/m0/s1. The number of ether oxygens (including phenoxy) is 1. The van der Waals surface area contributed by atoms with Crippen molar-refractivity contribution in [3.63, 3.8) is 0 Å². The van der Waals surface area contributed by atoms with Crippen LogP contribution in [0.3, 0.4) is 0 Å². The van der Waals surface area contributed by atoms with E-state index in [1.807, 2.05) is 6.92 Å². The van der Waals surface area contributed by atoms with E-state index in [9.17, 15) is 5.11 Å². The molecule has 0 aromatic heterocycles.